The molecule has 0 atom stereocenters. The topological polar surface area (TPSA) is 139 Å². The van der Waals surface area contributed by atoms with E-state index in [0.29, 0.717) is 12.1 Å². The SMILES string of the molecule is COc1ccccc1OS(=O)(=O)c1cc([N+](=O)[O-])c(Cl)c([N+](=O)[O-])c1. The maximum Gasteiger partial charge on any atom is 0.339 e. The van der Waals surface area contributed by atoms with Gasteiger partial charge in [0.2, 0.25) is 0 Å². The number of nitro benzene ring substituents is 2. The van der Waals surface area contributed by atoms with Crippen molar-refractivity contribution in [3.63, 3.8) is 0 Å². The number of hydrogen-bond acceptors (Lipinski definition) is 8. The van der Waals surface area contributed by atoms with Crippen LogP contribution in [-0.4, -0.2) is 25.4 Å². The zero-order valence-corrected chi connectivity index (χ0v) is 14.0. The molecule has 0 aliphatic heterocycles. The van der Waals surface area contributed by atoms with E-state index in [9.17, 15) is 28.6 Å². The summed E-state index contributed by atoms with van der Waals surface area (Å²) in [5, 5.41) is 21.2. The minimum atomic E-state index is -4.62. The molecule has 10 nitrogen and oxygen atoms in total. The predicted molar refractivity (Wildman–Crippen MR) is 85.6 cm³/mol. The molecule has 2 aromatic carbocycles. The third kappa shape index (κ3) is 3.78. The number of ether oxygens (including phenoxy) is 1. The maximum absolute atomic E-state index is 12.4. The van der Waals surface area contributed by atoms with E-state index in [1.165, 1.54) is 25.3 Å². The third-order valence-electron chi connectivity index (χ3n) is 2.96. The van der Waals surface area contributed by atoms with Gasteiger partial charge in [-0.25, -0.2) is 0 Å². The second-order valence-electron chi connectivity index (χ2n) is 4.48. The van der Waals surface area contributed by atoms with E-state index in [1.54, 1.807) is 6.07 Å². The Bertz CT molecular complexity index is 925. The van der Waals surface area contributed by atoms with Gasteiger partial charge < -0.3 is 8.92 Å². The van der Waals surface area contributed by atoms with Crippen molar-refractivity contribution in [1.82, 2.24) is 0 Å². The quantitative estimate of drug-likeness (QED) is 0.418. The van der Waals surface area contributed by atoms with Gasteiger partial charge in [-0.05, 0) is 12.1 Å². The summed E-state index contributed by atoms with van der Waals surface area (Å²) >= 11 is 5.59. The average molecular weight is 389 g/mol. The monoisotopic (exact) mass is 388 g/mol. The lowest BCUT2D eigenvalue weighted by atomic mass is 10.3. The number of nitrogens with zero attached hydrogens (tertiary/aromatic N) is 2. The smallest absolute Gasteiger partial charge is 0.339 e. The molecule has 0 aromatic heterocycles. The van der Waals surface area contributed by atoms with Gasteiger partial charge in [-0.2, -0.15) is 8.42 Å². The molecular formula is C13H9ClN2O8S. The van der Waals surface area contributed by atoms with Crippen LogP contribution in [0.2, 0.25) is 5.02 Å². The molecule has 0 aliphatic rings. The van der Waals surface area contributed by atoms with Crippen molar-refractivity contribution in [3.05, 3.63) is 61.6 Å². The number of halogens is 1. The van der Waals surface area contributed by atoms with Gasteiger partial charge in [0.1, 0.15) is 4.90 Å². The van der Waals surface area contributed by atoms with E-state index in [2.05, 4.69) is 0 Å². The molecule has 2 rings (SSSR count). The fourth-order valence-electron chi connectivity index (χ4n) is 1.83. The van der Waals surface area contributed by atoms with Crippen LogP contribution in [0.5, 0.6) is 11.5 Å². The van der Waals surface area contributed by atoms with Crippen molar-refractivity contribution in [2.45, 2.75) is 4.90 Å². The molecule has 2 aromatic rings. The van der Waals surface area contributed by atoms with Crippen LogP contribution in [0.15, 0.2) is 41.3 Å². The van der Waals surface area contributed by atoms with Crippen LogP contribution < -0.4 is 8.92 Å². The molecule has 0 N–H and O–H groups in total. The highest BCUT2D eigenvalue weighted by atomic mass is 35.5. The van der Waals surface area contributed by atoms with Crippen LogP contribution in [-0.2, 0) is 10.1 Å². The average Bonchev–Trinajstić information content (AvgIpc) is 2.54. The highest BCUT2D eigenvalue weighted by Gasteiger charge is 2.31. The van der Waals surface area contributed by atoms with Gasteiger partial charge in [-0.1, -0.05) is 23.7 Å². The number of para-hydroxylation sites is 2. The lowest BCUT2D eigenvalue weighted by Gasteiger charge is -2.10. The molecule has 0 amide bonds. The standard InChI is InChI=1S/C13H9ClN2O8S/c1-23-11-4-2-3-5-12(11)24-25(21,22)8-6-9(15(17)18)13(14)10(7-8)16(19)20/h2-7H,1H3. The summed E-state index contributed by atoms with van der Waals surface area (Å²) in [5.74, 6) is -0.103. The van der Waals surface area contributed by atoms with Crippen LogP contribution in [0.25, 0.3) is 0 Å². The highest BCUT2D eigenvalue weighted by molar-refractivity contribution is 7.87. The first-order valence-corrected chi connectivity index (χ1v) is 8.16. The molecule has 0 bridgehead atoms. The first-order chi connectivity index (χ1) is 11.7. The van der Waals surface area contributed by atoms with Crippen molar-refractivity contribution >= 4 is 33.1 Å². The largest absolute Gasteiger partial charge is 0.493 e. The molecule has 0 unspecified atom stereocenters. The maximum atomic E-state index is 12.4. The van der Waals surface area contributed by atoms with Crippen molar-refractivity contribution in [3.8, 4) is 11.5 Å². The fourth-order valence-corrected chi connectivity index (χ4v) is 3.06. The van der Waals surface area contributed by atoms with Gasteiger partial charge >= 0.3 is 10.1 Å². The van der Waals surface area contributed by atoms with Gasteiger partial charge in [-0.15, -0.1) is 0 Å². The molecule has 0 radical (unpaired) electrons. The highest BCUT2D eigenvalue weighted by Crippen LogP contribution is 2.37. The molecule has 0 saturated heterocycles. The van der Waals surface area contributed by atoms with Gasteiger partial charge in [0, 0.05) is 12.1 Å². The Morgan fingerprint density at radius 1 is 1.00 bits per heavy atom. The molecular weight excluding hydrogens is 380 g/mol. The van der Waals surface area contributed by atoms with Crippen LogP contribution >= 0.6 is 11.6 Å². The number of benzene rings is 2. The number of rotatable bonds is 6. The Morgan fingerprint density at radius 2 is 1.48 bits per heavy atom. The lowest BCUT2D eigenvalue weighted by Crippen LogP contribution is -2.11. The van der Waals surface area contributed by atoms with Crippen LogP contribution in [0.4, 0.5) is 11.4 Å². The fraction of sp³-hybridized carbons (Fsp3) is 0.0769. The Hall–Kier alpha value is -2.92. The van der Waals surface area contributed by atoms with Gasteiger partial charge in [0.15, 0.2) is 16.5 Å². The van der Waals surface area contributed by atoms with E-state index >= 15 is 0 Å². The van der Waals surface area contributed by atoms with Crippen molar-refractivity contribution < 1.29 is 27.2 Å². The summed E-state index contributed by atoms with van der Waals surface area (Å²) in [6.07, 6.45) is 0. The molecule has 0 spiro atoms. The Labute approximate surface area is 146 Å². The normalized spacial score (nSPS) is 11.0. The lowest BCUT2D eigenvalue weighted by molar-refractivity contribution is -0.394. The van der Waals surface area contributed by atoms with E-state index in [-0.39, 0.29) is 11.5 Å². The summed E-state index contributed by atoms with van der Waals surface area (Å²) < 4.78 is 34.6. The summed E-state index contributed by atoms with van der Waals surface area (Å²) in [5.41, 5.74) is -1.86. The zero-order valence-electron chi connectivity index (χ0n) is 12.4. The van der Waals surface area contributed by atoms with Gasteiger partial charge in [0.05, 0.1) is 17.0 Å². The second kappa shape index (κ2) is 6.91. The van der Waals surface area contributed by atoms with Crippen molar-refractivity contribution in [1.29, 1.82) is 0 Å². The summed E-state index contributed by atoms with van der Waals surface area (Å²) in [7, 11) is -3.34. The third-order valence-corrected chi connectivity index (χ3v) is 4.56. The Kier molecular flexibility index (Phi) is 5.09. The van der Waals surface area contributed by atoms with Gasteiger partial charge in [-0.3, -0.25) is 20.2 Å². The van der Waals surface area contributed by atoms with E-state index in [0.717, 1.165) is 0 Å². The number of hydrogen-bond donors (Lipinski definition) is 0. The first-order valence-electron chi connectivity index (χ1n) is 6.37. The van der Waals surface area contributed by atoms with E-state index < -0.39 is 41.3 Å². The minimum absolute atomic E-state index is 0.0871. The molecule has 12 heteroatoms. The summed E-state index contributed by atoms with van der Waals surface area (Å²) in [4.78, 5) is 19.1. The minimum Gasteiger partial charge on any atom is -0.493 e. The Morgan fingerprint density at radius 3 is 1.92 bits per heavy atom. The molecule has 0 fully saturated rings. The van der Waals surface area contributed by atoms with Crippen LogP contribution in [0.1, 0.15) is 0 Å². The van der Waals surface area contributed by atoms with Crippen molar-refractivity contribution in [2.75, 3.05) is 7.11 Å². The first kappa shape index (κ1) is 18.4. The molecule has 0 saturated carbocycles. The molecule has 0 heterocycles. The molecule has 132 valence electrons. The van der Waals surface area contributed by atoms with Crippen LogP contribution in [0.3, 0.4) is 0 Å². The van der Waals surface area contributed by atoms with Gasteiger partial charge in [0.25, 0.3) is 11.4 Å². The number of nitro groups is 2. The predicted octanol–water partition coefficient (Wildman–Crippen LogP) is 2.93. The van der Waals surface area contributed by atoms with Crippen LogP contribution in [0, 0.1) is 20.2 Å². The van der Waals surface area contributed by atoms with Crippen molar-refractivity contribution in [2.24, 2.45) is 0 Å². The summed E-state index contributed by atoms with van der Waals surface area (Å²) in [6, 6.07) is 6.92. The zero-order chi connectivity index (χ0) is 18.8. The molecule has 25 heavy (non-hydrogen) atoms. The summed E-state index contributed by atoms with van der Waals surface area (Å²) in [6.45, 7) is 0. The molecule has 0 aliphatic carbocycles. The number of methoxy groups -OCH3 is 1. The second-order valence-corrected chi connectivity index (χ2v) is 6.40. The van der Waals surface area contributed by atoms with E-state index in [1.807, 2.05) is 0 Å². The Balaban J connectivity index is 2.59. The van der Waals surface area contributed by atoms with E-state index in [4.69, 9.17) is 20.5 Å².